The van der Waals surface area contributed by atoms with Crippen molar-refractivity contribution in [3.05, 3.63) is 34.5 Å². The van der Waals surface area contributed by atoms with Crippen LogP contribution in [0.5, 0.6) is 0 Å². The number of aromatic nitrogens is 2. The van der Waals surface area contributed by atoms with Crippen LogP contribution in [-0.2, 0) is 19.4 Å². The Kier molecular flexibility index (Phi) is 4.37. The van der Waals surface area contributed by atoms with Crippen LogP contribution in [0, 0.1) is 5.92 Å². The number of nitrogens with one attached hydrogen (secondary N) is 1. The second-order valence-electron chi connectivity index (χ2n) is 6.27. The van der Waals surface area contributed by atoms with Gasteiger partial charge in [0, 0.05) is 31.6 Å². The van der Waals surface area contributed by atoms with E-state index in [-0.39, 0.29) is 29.8 Å². The van der Waals surface area contributed by atoms with Crippen molar-refractivity contribution in [3.8, 4) is 0 Å². The normalized spacial score (nSPS) is 13.9. The summed E-state index contributed by atoms with van der Waals surface area (Å²) in [5.74, 6) is 0.728. The Morgan fingerprint density at radius 1 is 1.33 bits per heavy atom. The molecule has 128 valence electrons. The molecule has 8 heteroatoms. The summed E-state index contributed by atoms with van der Waals surface area (Å²) in [7, 11) is 1.53. The zero-order chi connectivity index (χ0) is 17.3. The number of carbonyl (C=O) groups is 2. The Hall–Kier alpha value is -2.64. The van der Waals surface area contributed by atoms with E-state index in [9.17, 15) is 9.59 Å². The fourth-order valence-corrected chi connectivity index (χ4v) is 2.76. The molecule has 3 rings (SSSR count). The number of carbonyl (C=O) groups excluding carboxylic acids is 2. The minimum atomic E-state index is -0.326. The highest BCUT2D eigenvalue weighted by molar-refractivity contribution is 5.94. The summed E-state index contributed by atoms with van der Waals surface area (Å²) in [5.41, 5.74) is 1.64. The third-order valence-corrected chi connectivity index (χ3v) is 3.94. The summed E-state index contributed by atoms with van der Waals surface area (Å²) in [6.45, 7) is 4.90. The zero-order valence-electron chi connectivity index (χ0n) is 14.0. The van der Waals surface area contributed by atoms with E-state index in [2.05, 4.69) is 29.5 Å². The minimum Gasteiger partial charge on any atom is -0.360 e. The van der Waals surface area contributed by atoms with Crippen molar-refractivity contribution < 1.29 is 18.6 Å². The summed E-state index contributed by atoms with van der Waals surface area (Å²) < 4.78 is 10.4. The predicted octanol–water partition coefficient (Wildman–Crippen LogP) is 1.42. The van der Waals surface area contributed by atoms with E-state index in [1.807, 2.05) is 0 Å². The molecule has 8 nitrogen and oxygen atoms in total. The van der Waals surface area contributed by atoms with E-state index < -0.39 is 0 Å². The summed E-state index contributed by atoms with van der Waals surface area (Å²) >= 11 is 0. The van der Waals surface area contributed by atoms with Crippen molar-refractivity contribution in [1.29, 1.82) is 0 Å². The molecule has 0 spiro atoms. The summed E-state index contributed by atoms with van der Waals surface area (Å²) in [5, 5.41) is 10.3. The van der Waals surface area contributed by atoms with Gasteiger partial charge in [-0.25, -0.2) is 0 Å². The van der Waals surface area contributed by atoms with E-state index in [0.717, 1.165) is 12.1 Å². The molecule has 2 aromatic rings. The SMILES string of the molecule is CNC(=O)c1noc2c1CN(C(=O)c1cc(CC(C)C)no1)CC2. The van der Waals surface area contributed by atoms with Gasteiger partial charge in [-0.2, -0.15) is 0 Å². The topological polar surface area (TPSA) is 101 Å². The summed E-state index contributed by atoms with van der Waals surface area (Å²) in [6.07, 6.45) is 1.27. The lowest BCUT2D eigenvalue weighted by atomic mass is 10.0. The molecule has 3 heterocycles. The van der Waals surface area contributed by atoms with Gasteiger partial charge in [-0.3, -0.25) is 9.59 Å². The van der Waals surface area contributed by atoms with Gasteiger partial charge >= 0.3 is 0 Å². The average Bonchev–Trinajstić information content (AvgIpc) is 3.19. The third kappa shape index (κ3) is 3.04. The molecule has 2 amide bonds. The molecule has 0 bridgehead atoms. The molecule has 1 aliphatic rings. The van der Waals surface area contributed by atoms with Crippen LogP contribution in [0.15, 0.2) is 15.1 Å². The molecule has 1 N–H and O–H groups in total. The molecular weight excluding hydrogens is 312 g/mol. The van der Waals surface area contributed by atoms with Gasteiger partial charge in [-0.15, -0.1) is 0 Å². The van der Waals surface area contributed by atoms with Crippen molar-refractivity contribution in [2.24, 2.45) is 5.92 Å². The molecular formula is C16H20N4O4. The molecule has 0 unspecified atom stereocenters. The third-order valence-electron chi connectivity index (χ3n) is 3.94. The molecule has 0 atom stereocenters. The lowest BCUT2D eigenvalue weighted by Crippen LogP contribution is -2.36. The first-order valence-electron chi connectivity index (χ1n) is 7.94. The number of fused-ring (bicyclic) bond motifs is 1. The molecule has 0 aromatic carbocycles. The van der Waals surface area contributed by atoms with Gasteiger partial charge in [0.1, 0.15) is 5.76 Å². The lowest BCUT2D eigenvalue weighted by molar-refractivity contribution is 0.0685. The second kappa shape index (κ2) is 6.46. The molecule has 0 saturated carbocycles. The number of rotatable bonds is 4. The largest absolute Gasteiger partial charge is 0.360 e. The Bertz CT molecular complexity index is 762. The van der Waals surface area contributed by atoms with E-state index >= 15 is 0 Å². The van der Waals surface area contributed by atoms with Gasteiger partial charge in [-0.1, -0.05) is 24.2 Å². The number of amides is 2. The maximum atomic E-state index is 12.6. The average molecular weight is 332 g/mol. The Labute approximate surface area is 139 Å². The smallest absolute Gasteiger partial charge is 0.292 e. The van der Waals surface area contributed by atoms with Crippen molar-refractivity contribution >= 4 is 11.8 Å². The first-order chi connectivity index (χ1) is 11.5. The molecule has 2 aromatic heterocycles. The van der Waals surface area contributed by atoms with E-state index in [1.54, 1.807) is 11.0 Å². The van der Waals surface area contributed by atoms with Crippen LogP contribution in [0.2, 0.25) is 0 Å². The van der Waals surface area contributed by atoms with Crippen molar-refractivity contribution in [1.82, 2.24) is 20.5 Å². The van der Waals surface area contributed by atoms with E-state index in [1.165, 1.54) is 7.05 Å². The molecule has 1 aliphatic heterocycles. The highest BCUT2D eigenvalue weighted by Crippen LogP contribution is 2.24. The lowest BCUT2D eigenvalue weighted by Gasteiger charge is -2.24. The number of hydrogen-bond donors (Lipinski definition) is 1. The van der Waals surface area contributed by atoms with Gasteiger partial charge in [-0.05, 0) is 12.3 Å². The first-order valence-corrected chi connectivity index (χ1v) is 7.94. The maximum absolute atomic E-state index is 12.6. The monoisotopic (exact) mass is 332 g/mol. The molecule has 24 heavy (non-hydrogen) atoms. The molecule has 0 aliphatic carbocycles. The standard InChI is InChI=1S/C16H20N4O4/c1-9(2)6-10-7-13(24-18-10)16(22)20-5-4-12-11(8-20)14(19-23-12)15(21)17-3/h7,9H,4-6,8H2,1-3H3,(H,17,21). The van der Waals surface area contributed by atoms with Crippen LogP contribution in [0.3, 0.4) is 0 Å². The predicted molar refractivity (Wildman–Crippen MR) is 83.4 cm³/mol. The fraction of sp³-hybridized carbons (Fsp3) is 0.500. The number of hydrogen-bond acceptors (Lipinski definition) is 6. The molecule has 0 saturated heterocycles. The second-order valence-corrected chi connectivity index (χ2v) is 6.27. The Morgan fingerprint density at radius 2 is 2.12 bits per heavy atom. The highest BCUT2D eigenvalue weighted by Gasteiger charge is 2.31. The van der Waals surface area contributed by atoms with Crippen LogP contribution in [0.1, 0.15) is 51.9 Å². The molecule has 0 fully saturated rings. The maximum Gasteiger partial charge on any atom is 0.292 e. The minimum absolute atomic E-state index is 0.215. The van der Waals surface area contributed by atoms with Crippen molar-refractivity contribution in [3.63, 3.8) is 0 Å². The van der Waals surface area contributed by atoms with E-state index in [0.29, 0.717) is 30.2 Å². The van der Waals surface area contributed by atoms with Crippen molar-refractivity contribution in [2.75, 3.05) is 13.6 Å². The van der Waals surface area contributed by atoms with Gasteiger partial charge in [0.25, 0.3) is 11.8 Å². The van der Waals surface area contributed by atoms with Gasteiger partial charge < -0.3 is 19.3 Å². The number of nitrogens with zero attached hydrogens (tertiary/aromatic N) is 3. The first kappa shape index (κ1) is 16.2. The van der Waals surface area contributed by atoms with Crippen LogP contribution in [0.25, 0.3) is 0 Å². The zero-order valence-corrected chi connectivity index (χ0v) is 14.0. The van der Waals surface area contributed by atoms with Crippen LogP contribution in [0.4, 0.5) is 0 Å². The van der Waals surface area contributed by atoms with Gasteiger partial charge in [0.15, 0.2) is 5.69 Å². The molecule has 0 radical (unpaired) electrons. The fourth-order valence-electron chi connectivity index (χ4n) is 2.76. The van der Waals surface area contributed by atoms with Crippen LogP contribution < -0.4 is 5.32 Å². The summed E-state index contributed by atoms with van der Waals surface area (Å²) in [6, 6.07) is 1.69. The van der Waals surface area contributed by atoms with E-state index in [4.69, 9.17) is 9.05 Å². The Morgan fingerprint density at radius 3 is 2.83 bits per heavy atom. The van der Waals surface area contributed by atoms with Gasteiger partial charge in [0.2, 0.25) is 5.76 Å². The highest BCUT2D eigenvalue weighted by atomic mass is 16.5. The van der Waals surface area contributed by atoms with Crippen LogP contribution >= 0.6 is 0 Å². The van der Waals surface area contributed by atoms with Crippen molar-refractivity contribution in [2.45, 2.75) is 33.2 Å². The quantitative estimate of drug-likeness (QED) is 0.908. The Balaban J connectivity index is 1.77. The summed E-state index contributed by atoms with van der Waals surface area (Å²) in [4.78, 5) is 26.1. The van der Waals surface area contributed by atoms with Crippen LogP contribution in [-0.4, -0.2) is 40.6 Å². The van der Waals surface area contributed by atoms with Gasteiger partial charge in [0.05, 0.1) is 12.2 Å².